The van der Waals surface area contributed by atoms with Crippen molar-refractivity contribution in [1.29, 1.82) is 0 Å². The average molecular weight is 192 g/mol. The second-order valence-electron chi connectivity index (χ2n) is 3.10. The lowest BCUT2D eigenvalue weighted by Crippen LogP contribution is -2.54. The molecule has 0 aromatic carbocycles. The summed E-state index contributed by atoms with van der Waals surface area (Å²) >= 11 is 0. The van der Waals surface area contributed by atoms with E-state index < -0.39 is 5.97 Å². The molecule has 0 amide bonds. The molecule has 0 unspecified atom stereocenters. The molecule has 0 spiro atoms. The van der Waals surface area contributed by atoms with E-state index in [0.717, 1.165) is 0 Å². The first-order valence-electron chi connectivity index (χ1n) is 4.39. The number of aliphatic hydroxyl groups excluding tert-OH is 2. The molecule has 0 aliphatic heterocycles. The summed E-state index contributed by atoms with van der Waals surface area (Å²) in [7, 11) is 0. The van der Waals surface area contributed by atoms with Crippen molar-refractivity contribution >= 4 is 5.97 Å². The molecule has 3 N–H and O–H groups in total. The van der Waals surface area contributed by atoms with E-state index in [2.05, 4.69) is 0 Å². The minimum atomic E-state index is -0.899. The highest BCUT2D eigenvalue weighted by atomic mass is 16.4. The molecule has 0 aromatic heterocycles. The number of carbonyl (C=O) groups is 1. The van der Waals surface area contributed by atoms with Crippen molar-refractivity contribution in [3.8, 4) is 0 Å². The average Bonchev–Trinajstić information content (AvgIpc) is 2.04. The predicted octanol–water partition coefficient (Wildman–Crippen LogP) is -1.11. The van der Waals surface area contributed by atoms with Crippen molar-refractivity contribution in [3.63, 3.8) is 0 Å². The molecule has 0 atom stereocenters. The zero-order chi connectivity index (χ0) is 10.3. The summed E-state index contributed by atoms with van der Waals surface area (Å²) in [5.74, 6) is -0.899. The molecule has 5 heteroatoms. The molecule has 0 saturated carbocycles. The van der Waals surface area contributed by atoms with Gasteiger partial charge < -0.3 is 19.8 Å². The van der Waals surface area contributed by atoms with Crippen molar-refractivity contribution in [1.82, 2.24) is 0 Å². The van der Waals surface area contributed by atoms with Crippen LogP contribution < -0.4 is 0 Å². The van der Waals surface area contributed by atoms with Crippen molar-refractivity contribution in [2.45, 2.75) is 6.92 Å². The van der Waals surface area contributed by atoms with Crippen molar-refractivity contribution < 1.29 is 24.6 Å². The van der Waals surface area contributed by atoms with E-state index in [-0.39, 0.29) is 24.2 Å². The Balaban J connectivity index is 4.33. The highest BCUT2D eigenvalue weighted by Gasteiger charge is 2.27. The van der Waals surface area contributed by atoms with Crippen LogP contribution >= 0.6 is 0 Å². The smallest absolute Gasteiger partial charge is 0.359 e. The Bertz CT molecular complexity index is 154. The Morgan fingerprint density at radius 1 is 1.23 bits per heavy atom. The normalized spacial score (nSPS) is 11.6. The molecular weight excluding hydrogens is 174 g/mol. The van der Waals surface area contributed by atoms with Crippen LogP contribution in [0.1, 0.15) is 6.92 Å². The standard InChI is InChI=1S/C8H17NO4/c1-2-9(3-5-10,4-6-11)7-8(12)13/h10-11H,2-7H2,1H3/p+1. The van der Waals surface area contributed by atoms with Crippen LogP contribution in [-0.4, -0.2) is 65.2 Å². The number of hydrogen-bond donors (Lipinski definition) is 3. The van der Waals surface area contributed by atoms with Gasteiger partial charge in [-0.3, -0.25) is 0 Å². The minimum absolute atomic E-state index is 0.0440. The van der Waals surface area contributed by atoms with E-state index in [9.17, 15) is 4.79 Å². The summed E-state index contributed by atoms with van der Waals surface area (Å²) in [5.41, 5.74) is 0. The molecule has 78 valence electrons. The topological polar surface area (TPSA) is 77.8 Å². The summed E-state index contributed by atoms with van der Waals surface area (Å²) < 4.78 is 0.238. The van der Waals surface area contributed by atoms with Gasteiger partial charge in [0.05, 0.1) is 19.8 Å². The molecule has 13 heavy (non-hydrogen) atoms. The Morgan fingerprint density at radius 3 is 1.92 bits per heavy atom. The highest BCUT2D eigenvalue weighted by molar-refractivity contribution is 5.67. The minimum Gasteiger partial charge on any atom is -0.477 e. The predicted molar refractivity (Wildman–Crippen MR) is 47.2 cm³/mol. The van der Waals surface area contributed by atoms with Gasteiger partial charge in [0.25, 0.3) is 0 Å². The fourth-order valence-electron chi connectivity index (χ4n) is 1.41. The largest absolute Gasteiger partial charge is 0.477 e. The van der Waals surface area contributed by atoms with Gasteiger partial charge in [-0.15, -0.1) is 0 Å². The van der Waals surface area contributed by atoms with E-state index in [4.69, 9.17) is 15.3 Å². The van der Waals surface area contributed by atoms with Gasteiger partial charge in [-0.05, 0) is 6.92 Å². The third-order valence-corrected chi connectivity index (χ3v) is 2.29. The fourth-order valence-corrected chi connectivity index (χ4v) is 1.41. The van der Waals surface area contributed by atoms with Crippen LogP contribution in [0.2, 0.25) is 0 Å². The van der Waals surface area contributed by atoms with Gasteiger partial charge in [-0.2, -0.15) is 0 Å². The quantitative estimate of drug-likeness (QED) is 0.447. The molecule has 0 fully saturated rings. The molecule has 0 radical (unpaired) electrons. The van der Waals surface area contributed by atoms with Crippen LogP contribution in [0.15, 0.2) is 0 Å². The number of hydrogen-bond acceptors (Lipinski definition) is 3. The lowest BCUT2D eigenvalue weighted by Gasteiger charge is -2.35. The highest BCUT2D eigenvalue weighted by Crippen LogP contribution is 2.04. The lowest BCUT2D eigenvalue weighted by molar-refractivity contribution is -0.920. The maximum absolute atomic E-state index is 10.5. The Morgan fingerprint density at radius 2 is 1.69 bits per heavy atom. The van der Waals surface area contributed by atoms with Gasteiger partial charge >= 0.3 is 5.97 Å². The van der Waals surface area contributed by atoms with Crippen molar-refractivity contribution in [2.75, 3.05) is 39.4 Å². The number of aliphatic carboxylic acids is 1. The van der Waals surface area contributed by atoms with Gasteiger partial charge in [-0.1, -0.05) is 0 Å². The number of quaternary nitrogens is 1. The molecule has 0 aliphatic carbocycles. The van der Waals surface area contributed by atoms with E-state index in [1.165, 1.54) is 0 Å². The number of carboxylic acids is 1. The molecule has 0 aliphatic rings. The van der Waals surface area contributed by atoms with Gasteiger partial charge in [0, 0.05) is 0 Å². The van der Waals surface area contributed by atoms with E-state index in [0.29, 0.717) is 19.6 Å². The second kappa shape index (κ2) is 5.90. The SMILES string of the molecule is CC[N+](CCO)(CCO)CC(=O)O. The number of nitrogens with zero attached hydrogens (tertiary/aromatic N) is 1. The monoisotopic (exact) mass is 192 g/mol. The Hall–Kier alpha value is -0.650. The molecule has 0 rings (SSSR count). The second-order valence-corrected chi connectivity index (χ2v) is 3.10. The summed E-state index contributed by atoms with van der Waals surface area (Å²) in [6.45, 7) is 3.06. The van der Waals surface area contributed by atoms with Gasteiger partial charge in [-0.25, -0.2) is 4.79 Å². The third-order valence-electron chi connectivity index (χ3n) is 2.29. The van der Waals surface area contributed by atoms with Gasteiger partial charge in [0.2, 0.25) is 0 Å². The van der Waals surface area contributed by atoms with Crippen LogP contribution in [0.5, 0.6) is 0 Å². The Labute approximate surface area is 77.8 Å². The number of likely N-dealkylation sites (N-methyl/N-ethyl adjacent to an activating group) is 1. The third kappa shape index (κ3) is 4.21. The van der Waals surface area contributed by atoms with Crippen LogP contribution in [-0.2, 0) is 4.79 Å². The summed E-state index contributed by atoms with van der Waals surface area (Å²) in [5, 5.41) is 26.2. The summed E-state index contributed by atoms with van der Waals surface area (Å²) in [6.07, 6.45) is 0. The zero-order valence-electron chi connectivity index (χ0n) is 7.94. The molecule has 0 saturated heterocycles. The first-order chi connectivity index (χ1) is 6.10. The number of rotatable bonds is 7. The van der Waals surface area contributed by atoms with Crippen molar-refractivity contribution in [3.05, 3.63) is 0 Å². The fraction of sp³-hybridized carbons (Fsp3) is 0.875. The van der Waals surface area contributed by atoms with Crippen LogP contribution in [0.3, 0.4) is 0 Å². The summed E-state index contributed by atoms with van der Waals surface area (Å²) in [4.78, 5) is 10.5. The maximum atomic E-state index is 10.5. The van der Waals surface area contributed by atoms with E-state index in [1.54, 1.807) is 0 Å². The zero-order valence-corrected chi connectivity index (χ0v) is 7.94. The lowest BCUT2D eigenvalue weighted by atomic mass is 10.3. The maximum Gasteiger partial charge on any atom is 0.359 e. The molecule has 5 nitrogen and oxygen atoms in total. The summed E-state index contributed by atoms with van der Waals surface area (Å²) in [6, 6.07) is 0. The Kier molecular flexibility index (Phi) is 5.61. The van der Waals surface area contributed by atoms with Gasteiger partial charge in [0.15, 0.2) is 6.54 Å². The molecule has 0 aromatic rings. The first kappa shape index (κ1) is 12.3. The first-order valence-corrected chi connectivity index (χ1v) is 4.39. The molecule has 0 bridgehead atoms. The molecule has 0 heterocycles. The van der Waals surface area contributed by atoms with Crippen molar-refractivity contribution in [2.24, 2.45) is 0 Å². The van der Waals surface area contributed by atoms with E-state index >= 15 is 0 Å². The van der Waals surface area contributed by atoms with Crippen LogP contribution in [0, 0.1) is 0 Å². The van der Waals surface area contributed by atoms with Gasteiger partial charge in [0.1, 0.15) is 13.1 Å². The number of aliphatic hydroxyl groups is 2. The van der Waals surface area contributed by atoms with Crippen LogP contribution in [0.25, 0.3) is 0 Å². The molecular formula is C8H18NO4+. The van der Waals surface area contributed by atoms with Crippen LogP contribution in [0.4, 0.5) is 0 Å². The van der Waals surface area contributed by atoms with E-state index in [1.807, 2.05) is 6.92 Å². The number of carboxylic acid groups (broad SMARTS) is 1.